The van der Waals surface area contributed by atoms with Crippen LogP contribution >= 0.6 is 7.82 Å². The summed E-state index contributed by atoms with van der Waals surface area (Å²) < 4.78 is 33.2. The van der Waals surface area contributed by atoms with Crippen molar-refractivity contribution in [1.82, 2.24) is 0 Å². The molecule has 83 heavy (non-hydrogen) atoms. The number of phosphoric ester groups is 1. The van der Waals surface area contributed by atoms with Crippen molar-refractivity contribution >= 4 is 19.8 Å². The molecule has 482 valence electrons. The molecule has 0 aliphatic heterocycles. The van der Waals surface area contributed by atoms with Crippen molar-refractivity contribution in [3.05, 3.63) is 85.1 Å². The molecule has 0 aliphatic carbocycles. The maximum absolute atomic E-state index is 12.8. The van der Waals surface area contributed by atoms with Crippen LogP contribution in [0.15, 0.2) is 85.1 Å². The van der Waals surface area contributed by atoms with E-state index >= 15 is 0 Å². The summed E-state index contributed by atoms with van der Waals surface area (Å²) in [5.41, 5.74) is 5.40. The minimum atomic E-state index is -4.40. The van der Waals surface area contributed by atoms with Gasteiger partial charge in [0.05, 0.1) is 13.2 Å². The summed E-state index contributed by atoms with van der Waals surface area (Å²) in [6.07, 6.45) is 91.0. The van der Waals surface area contributed by atoms with Gasteiger partial charge >= 0.3 is 19.8 Å². The summed E-state index contributed by atoms with van der Waals surface area (Å²) in [7, 11) is -4.40. The lowest BCUT2D eigenvalue weighted by molar-refractivity contribution is -0.161. The van der Waals surface area contributed by atoms with Crippen LogP contribution < -0.4 is 5.73 Å². The van der Waals surface area contributed by atoms with E-state index in [-0.39, 0.29) is 38.6 Å². The van der Waals surface area contributed by atoms with E-state index in [9.17, 15) is 19.0 Å². The minimum absolute atomic E-state index is 0.0527. The second kappa shape index (κ2) is 68.3. The summed E-state index contributed by atoms with van der Waals surface area (Å²) in [6, 6.07) is 0. The van der Waals surface area contributed by atoms with Crippen LogP contribution in [0.4, 0.5) is 0 Å². The fraction of sp³-hybridized carbons (Fsp3) is 0.781. The second-order valence-electron chi connectivity index (χ2n) is 23.4. The number of nitrogens with two attached hydrogens (primary N) is 1. The molecule has 9 nitrogen and oxygen atoms in total. The molecule has 0 radical (unpaired) electrons. The first-order chi connectivity index (χ1) is 40.8. The smallest absolute Gasteiger partial charge is 0.462 e. The molecule has 0 rings (SSSR count). The monoisotopic (exact) mass is 1180 g/mol. The Bertz CT molecular complexity index is 1640. The first kappa shape index (κ1) is 80.2. The fourth-order valence-corrected chi connectivity index (χ4v) is 10.9. The van der Waals surface area contributed by atoms with Crippen LogP contribution in [0, 0.1) is 0 Å². The number of rotatable bonds is 66. The van der Waals surface area contributed by atoms with Crippen molar-refractivity contribution in [2.24, 2.45) is 5.73 Å². The van der Waals surface area contributed by atoms with Crippen molar-refractivity contribution in [3.63, 3.8) is 0 Å². The summed E-state index contributed by atoms with van der Waals surface area (Å²) in [6.45, 7) is 3.67. The first-order valence-corrected chi connectivity index (χ1v) is 36.6. The van der Waals surface area contributed by atoms with Crippen molar-refractivity contribution < 1.29 is 37.6 Å². The van der Waals surface area contributed by atoms with Gasteiger partial charge in [0.25, 0.3) is 0 Å². The largest absolute Gasteiger partial charge is 0.472 e. The van der Waals surface area contributed by atoms with E-state index in [2.05, 4.69) is 98.9 Å². The third kappa shape index (κ3) is 68.2. The number of unbranched alkanes of at least 4 members (excludes halogenated alkanes) is 39. The van der Waals surface area contributed by atoms with E-state index in [0.29, 0.717) is 6.42 Å². The predicted octanol–water partition coefficient (Wildman–Crippen LogP) is 23.0. The molecule has 3 N–H and O–H groups in total. The molecule has 0 aromatic carbocycles. The Kier molecular flexibility index (Phi) is 66.0. The van der Waals surface area contributed by atoms with E-state index in [1.54, 1.807) is 0 Å². The van der Waals surface area contributed by atoms with Crippen molar-refractivity contribution in [2.45, 2.75) is 341 Å². The van der Waals surface area contributed by atoms with E-state index in [4.69, 9.17) is 24.3 Å². The van der Waals surface area contributed by atoms with Crippen molar-refractivity contribution in [1.29, 1.82) is 0 Å². The number of allylic oxidation sites excluding steroid dienone is 14. The Morgan fingerprint density at radius 2 is 0.663 bits per heavy atom. The minimum Gasteiger partial charge on any atom is -0.462 e. The number of hydrogen-bond acceptors (Lipinski definition) is 8. The van der Waals surface area contributed by atoms with Crippen LogP contribution in [-0.2, 0) is 32.7 Å². The highest BCUT2D eigenvalue weighted by Crippen LogP contribution is 2.43. The molecule has 2 unspecified atom stereocenters. The van der Waals surface area contributed by atoms with E-state index < -0.39 is 26.5 Å². The van der Waals surface area contributed by atoms with Gasteiger partial charge in [0.1, 0.15) is 6.61 Å². The molecule has 0 aliphatic rings. The van der Waals surface area contributed by atoms with Gasteiger partial charge in [-0.05, 0) is 89.9 Å². The van der Waals surface area contributed by atoms with Gasteiger partial charge in [-0.3, -0.25) is 18.6 Å². The van der Waals surface area contributed by atoms with E-state index in [0.717, 1.165) is 77.0 Å². The third-order valence-electron chi connectivity index (χ3n) is 15.3. The third-order valence-corrected chi connectivity index (χ3v) is 16.2. The number of carbonyl (C=O) groups is 2. The van der Waals surface area contributed by atoms with Crippen LogP contribution in [0.5, 0.6) is 0 Å². The van der Waals surface area contributed by atoms with E-state index in [1.807, 2.05) is 0 Å². The lowest BCUT2D eigenvalue weighted by atomic mass is 10.0. The Morgan fingerprint density at radius 3 is 0.988 bits per heavy atom. The number of carbonyl (C=O) groups excluding carboxylic acids is 2. The van der Waals surface area contributed by atoms with Gasteiger partial charge in [0.15, 0.2) is 6.10 Å². The number of ether oxygens (including phenoxy) is 2. The van der Waals surface area contributed by atoms with Gasteiger partial charge < -0.3 is 20.1 Å². The zero-order valence-electron chi connectivity index (χ0n) is 54.2. The van der Waals surface area contributed by atoms with Gasteiger partial charge in [-0.15, -0.1) is 0 Å². The lowest BCUT2D eigenvalue weighted by Gasteiger charge is -2.19. The lowest BCUT2D eigenvalue weighted by Crippen LogP contribution is -2.29. The summed E-state index contributed by atoms with van der Waals surface area (Å²) in [4.78, 5) is 35.4. The number of esters is 2. The highest BCUT2D eigenvalue weighted by Gasteiger charge is 2.26. The molecule has 0 heterocycles. The first-order valence-electron chi connectivity index (χ1n) is 35.1. The highest BCUT2D eigenvalue weighted by molar-refractivity contribution is 7.47. The van der Waals surface area contributed by atoms with E-state index in [1.165, 1.54) is 225 Å². The van der Waals surface area contributed by atoms with Crippen LogP contribution in [0.3, 0.4) is 0 Å². The Labute approximate surface area is 513 Å². The van der Waals surface area contributed by atoms with Gasteiger partial charge in [0, 0.05) is 19.4 Å². The van der Waals surface area contributed by atoms with Crippen LogP contribution in [0.2, 0.25) is 0 Å². The number of phosphoric acid groups is 1. The van der Waals surface area contributed by atoms with Gasteiger partial charge in [-0.2, -0.15) is 0 Å². The Hall–Kier alpha value is -2.81. The second-order valence-corrected chi connectivity index (χ2v) is 24.8. The zero-order chi connectivity index (χ0) is 60.1. The van der Waals surface area contributed by atoms with Crippen LogP contribution in [-0.4, -0.2) is 49.3 Å². The van der Waals surface area contributed by atoms with Crippen LogP contribution in [0.1, 0.15) is 335 Å². The zero-order valence-corrected chi connectivity index (χ0v) is 55.1. The van der Waals surface area contributed by atoms with Crippen molar-refractivity contribution in [2.75, 3.05) is 26.4 Å². The molecule has 0 saturated heterocycles. The molecule has 2 atom stereocenters. The normalized spacial score (nSPS) is 13.4. The molecular weight excluding hydrogens is 1050 g/mol. The highest BCUT2D eigenvalue weighted by atomic mass is 31.2. The average molecular weight is 1180 g/mol. The Balaban J connectivity index is 3.85. The van der Waals surface area contributed by atoms with Gasteiger partial charge in [0.2, 0.25) is 0 Å². The van der Waals surface area contributed by atoms with Crippen LogP contribution in [0.25, 0.3) is 0 Å². The average Bonchev–Trinajstić information content (AvgIpc) is 3.48. The summed E-state index contributed by atoms with van der Waals surface area (Å²) in [5, 5.41) is 0. The quantitative estimate of drug-likeness (QED) is 0.0264. The molecule has 0 aromatic rings. The molecule has 0 aromatic heterocycles. The number of hydrogen-bond donors (Lipinski definition) is 2. The maximum Gasteiger partial charge on any atom is 0.472 e. The molecule has 0 spiro atoms. The SMILES string of the molecule is CC/C=C\C/C=C\C/C=C\C/C=C\CCCCCCCCCCCCCCCCCCCCC(=O)OC(COC(=O)CCCCCCCCCCCCCCCCCC/C=C\C/C=C\C/C=C\CCCCCCC)COP(=O)(O)OCCN. The molecule has 0 saturated carbocycles. The van der Waals surface area contributed by atoms with Gasteiger partial charge in [-0.25, -0.2) is 4.57 Å². The molecular formula is C73H132NO8P. The standard InChI is InChI=1S/C73H132NO8P/c1-3-5-7-9-11-13-15-17-19-21-23-25-27-29-31-33-35-37-39-41-43-45-47-49-51-53-55-57-59-61-63-65-72(75)79-69-71(70-81-83(77,78)80-68-67-74)82-73(76)66-64-62-60-58-56-54-52-50-48-46-44-42-40-38-36-34-32-30-28-26-24-22-20-18-16-14-12-10-8-6-4-2/h6,8,12,14-15,17-18,20-21,23-24,26-27,29,71H,3-5,7,9-11,13,16,19,22,25,28,30-70,74H2,1-2H3,(H,77,78)/b8-6-,14-12-,17-15-,20-18-,23-21-,26-24-,29-27-. The molecule has 0 amide bonds. The van der Waals surface area contributed by atoms with Crippen molar-refractivity contribution in [3.8, 4) is 0 Å². The topological polar surface area (TPSA) is 134 Å². The molecule has 0 bridgehead atoms. The summed E-state index contributed by atoms with van der Waals surface area (Å²) >= 11 is 0. The molecule has 0 fully saturated rings. The van der Waals surface area contributed by atoms with Gasteiger partial charge in [-0.1, -0.05) is 317 Å². The Morgan fingerprint density at radius 1 is 0.373 bits per heavy atom. The maximum atomic E-state index is 12.8. The fourth-order valence-electron chi connectivity index (χ4n) is 10.1. The summed E-state index contributed by atoms with van der Waals surface area (Å²) in [5.74, 6) is -0.815. The molecule has 10 heteroatoms. The predicted molar refractivity (Wildman–Crippen MR) is 358 cm³/mol.